The van der Waals surface area contributed by atoms with Crippen molar-refractivity contribution in [3.05, 3.63) is 59.7 Å². The number of benzene rings is 2. The number of nitrogens with zero attached hydrogens (tertiary/aromatic N) is 1. The largest absolute Gasteiger partial charge is 0.494 e. The fourth-order valence-corrected chi connectivity index (χ4v) is 4.45. The molecule has 2 unspecified atom stereocenters. The number of carbonyl (C=O) groups is 3. The van der Waals surface area contributed by atoms with Crippen molar-refractivity contribution in [1.29, 1.82) is 0 Å². The molecule has 2 atom stereocenters. The molecule has 1 N–H and O–H groups in total. The number of carbonyl (C=O) groups excluding carboxylic acids is 3. The lowest BCUT2D eigenvalue weighted by molar-refractivity contribution is -0.122. The minimum absolute atomic E-state index is 0.0383. The van der Waals surface area contributed by atoms with Crippen LogP contribution in [0.15, 0.2) is 48.5 Å². The smallest absolute Gasteiger partial charge is 0.261 e. The Hall–Kier alpha value is -3.15. The van der Waals surface area contributed by atoms with E-state index in [1.54, 1.807) is 24.3 Å². The molecule has 1 aliphatic heterocycles. The first-order valence-electron chi connectivity index (χ1n) is 10.6. The third-order valence-electron chi connectivity index (χ3n) is 5.97. The maximum absolute atomic E-state index is 13.0. The van der Waals surface area contributed by atoms with Gasteiger partial charge in [-0.15, -0.1) is 0 Å². The summed E-state index contributed by atoms with van der Waals surface area (Å²) >= 11 is 0. The van der Waals surface area contributed by atoms with E-state index in [-0.39, 0.29) is 36.1 Å². The summed E-state index contributed by atoms with van der Waals surface area (Å²) in [6.07, 6.45) is 3.56. The highest BCUT2D eigenvalue weighted by Crippen LogP contribution is 2.34. The van der Waals surface area contributed by atoms with Gasteiger partial charge in [-0.3, -0.25) is 19.3 Å². The third kappa shape index (κ3) is 3.95. The van der Waals surface area contributed by atoms with Gasteiger partial charge in [0.1, 0.15) is 5.75 Å². The van der Waals surface area contributed by atoms with Gasteiger partial charge in [-0.2, -0.15) is 0 Å². The topological polar surface area (TPSA) is 75.7 Å². The lowest BCUT2D eigenvalue weighted by Crippen LogP contribution is -2.41. The molecule has 2 aromatic carbocycles. The number of fused-ring (bicyclic) bond motifs is 1. The van der Waals surface area contributed by atoms with Gasteiger partial charge in [0, 0.05) is 18.2 Å². The zero-order valence-electron chi connectivity index (χ0n) is 17.1. The van der Waals surface area contributed by atoms with Crippen LogP contribution >= 0.6 is 0 Å². The van der Waals surface area contributed by atoms with Gasteiger partial charge in [0.05, 0.1) is 17.7 Å². The fourth-order valence-electron chi connectivity index (χ4n) is 4.45. The van der Waals surface area contributed by atoms with Crippen molar-refractivity contribution >= 4 is 23.4 Å². The molecule has 30 heavy (non-hydrogen) atoms. The molecule has 2 aliphatic rings. The van der Waals surface area contributed by atoms with Crippen LogP contribution < -0.4 is 10.1 Å². The number of amides is 3. The molecule has 156 valence electrons. The minimum Gasteiger partial charge on any atom is -0.494 e. The average Bonchev–Trinajstić information content (AvgIpc) is 3.01. The molecule has 1 heterocycles. The second kappa shape index (κ2) is 8.69. The molecule has 6 heteroatoms. The van der Waals surface area contributed by atoms with E-state index in [1.807, 2.05) is 31.2 Å². The van der Waals surface area contributed by atoms with Gasteiger partial charge in [-0.1, -0.05) is 25.0 Å². The molecule has 0 bridgehead atoms. The summed E-state index contributed by atoms with van der Waals surface area (Å²) in [6, 6.07) is 14.2. The van der Waals surface area contributed by atoms with Gasteiger partial charge in [0.15, 0.2) is 0 Å². The van der Waals surface area contributed by atoms with Crippen LogP contribution in [0.2, 0.25) is 0 Å². The molecule has 4 rings (SSSR count). The number of anilines is 1. The van der Waals surface area contributed by atoms with E-state index in [2.05, 4.69) is 5.32 Å². The summed E-state index contributed by atoms with van der Waals surface area (Å²) in [5.74, 6) is -0.0749. The zero-order chi connectivity index (χ0) is 21.1. The van der Waals surface area contributed by atoms with E-state index in [0.717, 1.165) is 31.4 Å². The van der Waals surface area contributed by atoms with Crippen LogP contribution in [-0.2, 0) is 4.79 Å². The minimum atomic E-state index is -0.258. The highest BCUT2D eigenvalue weighted by Gasteiger charge is 2.40. The molecule has 0 spiro atoms. The molecule has 0 saturated heterocycles. The Bertz CT molecular complexity index is 919. The zero-order valence-corrected chi connectivity index (χ0v) is 17.1. The number of imide groups is 1. The lowest BCUT2D eigenvalue weighted by atomic mass is 9.78. The Morgan fingerprint density at radius 2 is 1.63 bits per heavy atom. The SMILES string of the molecule is CCOc1ccc(NC(=O)C2CCCCC2CN2C(=O)c3ccccc3C2=O)cc1. The molecule has 3 amide bonds. The summed E-state index contributed by atoms with van der Waals surface area (Å²) in [4.78, 5) is 39.8. The van der Waals surface area contributed by atoms with E-state index < -0.39 is 0 Å². The van der Waals surface area contributed by atoms with Crippen LogP contribution in [0.5, 0.6) is 5.75 Å². The molecular weight excluding hydrogens is 380 g/mol. The second-order valence-corrected chi connectivity index (χ2v) is 7.86. The lowest BCUT2D eigenvalue weighted by Gasteiger charge is -2.32. The molecule has 2 aromatic rings. The van der Waals surface area contributed by atoms with E-state index in [1.165, 1.54) is 4.90 Å². The monoisotopic (exact) mass is 406 g/mol. The van der Waals surface area contributed by atoms with Crippen molar-refractivity contribution in [2.45, 2.75) is 32.6 Å². The molecule has 1 aliphatic carbocycles. The molecule has 6 nitrogen and oxygen atoms in total. The van der Waals surface area contributed by atoms with E-state index >= 15 is 0 Å². The fraction of sp³-hybridized carbons (Fsp3) is 0.375. The standard InChI is InChI=1S/C24H26N2O4/c1-2-30-18-13-11-17(12-14-18)25-22(27)19-8-4-3-7-16(19)15-26-23(28)20-9-5-6-10-21(20)24(26)29/h5-6,9-14,16,19H,2-4,7-8,15H2,1H3,(H,25,27). The van der Waals surface area contributed by atoms with Crippen molar-refractivity contribution in [2.75, 3.05) is 18.5 Å². The Kier molecular flexibility index (Phi) is 5.84. The number of rotatable bonds is 6. The number of nitrogens with one attached hydrogen (secondary N) is 1. The number of hydrogen-bond acceptors (Lipinski definition) is 4. The molecule has 0 aromatic heterocycles. The predicted octanol–water partition coefficient (Wildman–Crippen LogP) is 4.13. The highest BCUT2D eigenvalue weighted by atomic mass is 16.5. The van der Waals surface area contributed by atoms with Crippen LogP contribution in [0, 0.1) is 11.8 Å². The Morgan fingerprint density at radius 3 is 2.27 bits per heavy atom. The Labute approximate surface area is 176 Å². The normalized spacial score (nSPS) is 20.8. The van der Waals surface area contributed by atoms with Crippen LogP contribution in [0.3, 0.4) is 0 Å². The van der Waals surface area contributed by atoms with Gasteiger partial charge >= 0.3 is 0 Å². The van der Waals surface area contributed by atoms with Crippen molar-refractivity contribution in [2.24, 2.45) is 11.8 Å². The quantitative estimate of drug-likeness (QED) is 0.732. The first-order valence-corrected chi connectivity index (χ1v) is 10.6. The second-order valence-electron chi connectivity index (χ2n) is 7.86. The number of hydrogen-bond donors (Lipinski definition) is 1. The van der Waals surface area contributed by atoms with Crippen LogP contribution in [0.25, 0.3) is 0 Å². The van der Waals surface area contributed by atoms with Gasteiger partial charge in [-0.05, 0) is 62.1 Å². The maximum atomic E-state index is 13.0. The average molecular weight is 406 g/mol. The predicted molar refractivity (Wildman–Crippen MR) is 113 cm³/mol. The van der Waals surface area contributed by atoms with Crippen LogP contribution in [0.4, 0.5) is 5.69 Å². The Balaban J connectivity index is 1.45. The number of ether oxygens (including phenoxy) is 1. The van der Waals surface area contributed by atoms with Crippen LogP contribution in [-0.4, -0.2) is 35.8 Å². The van der Waals surface area contributed by atoms with E-state index in [9.17, 15) is 14.4 Å². The van der Waals surface area contributed by atoms with Crippen molar-refractivity contribution < 1.29 is 19.1 Å². The summed E-state index contributed by atoms with van der Waals surface area (Å²) in [7, 11) is 0. The first kappa shape index (κ1) is 20.1. The van der Waals surface area contributed by atoms with Crippen molar-refractivity contribution in [1.82, 2.24) is 4.90 Å². The summed E-state index contributed by atoms with van der Waals surface area (Å²) in [5, 5.41) is 2.99. The first-order chi connectivity index (χ1) is 14.6. The molecular formula is C24H26N2O4. The van der Waals surface area contributed by atoms with Gasteiger partial charge in [0.2, 0.25) is 5.91 Å². The van der Waals surface area contributed by atoms with Crippen molar-refractivity contribution in [3.8, 4) is 5.75 Å². The van der Waals surface area contributed by atoms with Crippen LogP contribution in [0.1, 0.15) is 53.3 Å². The Morgan fingerprint density at radius 1 is 1.00 bits per heavy atom. The summed E-state index contributed by atoms with van der Waals surface area (Å²) in [6.45, 7) is 2.80. The van der Waals surface area contributed by atoms with Gasteiger partial charge in [-0.25, -0.2) is 0 Å². The van der Waals surface area contributed by atoms with E-state index in [4.69, 9.17) is 4.74 Å². The molecule has 1 fully saturated rings. The van der Waals surface area contributed by atoms with Crippen molar-refractivity contribution in [3.63, 3.8) is 0 Å². The molecule has 0 radical (unpaired) electrons. The van der Waals surface area contributed by atoms with E-state index in [0.29, 0.717) is 23.4 Å². The summed E-state index contributed by atoms with van der Waals surface area (Å²) in [5.41, 5.74) is 1.62. The maximum Gasteiger partial charge on any atom is 0.261 e. The molecule has 1 saturated carbocycles. The van der Waals surface area contributed by atoms with Gasteiger partial charge in [0.25, 0.3) is 11.8 Å². The van der Waals surface area contributed by atoms with Gasteiger partial charge < -0.3 is 10.1 Å². The highest BCUT2D eigenvalue weighted by molar-refractivity contribution is 6.21. The summed E-state index contributed by atoms with van der Waals surface area (Å²) < 4.78 is 5.44. The third-order valence-corrected chi connectivity index (χ3v) is 5.97.